The predicted octanol–water partition coefficient (Wildman–Crippen LogP) is 2.38. The Kier molecular flexibility index (Phi) is 3.10. The van der Waals surface area contributed by atoms with E-state index in [1.54, 1.807) is 6.26 Å². The lowest BCUT2D eigenvalue weighted by atomic mass is 10.1. The molecule has 1 aliphatic rings. The highest BCUT2D eigenvalue weighted by Gasteiger charge is 2.21. The molecule has 104 valence electrons. The lowest BCUT2D eigenvalue weighted by Gasteiger charge is -2.24. The summed E-state index contributed by atoms with van der Waals surface area (Å²) in [6.45, 7) is 3.52. The van der Waals surface area contributed by atoms with E-state index in [0.29, 0.717) is 18.7 Å². The van der Waals surface area contributed by atoms with E-state index in [1.807, 2.05) is 24.3 Å². The molecule has 0 spiro atoms. The zero-order chi connectivity index (χ0) is 14.1. The summed E-state index contributed by atoms with van der Waals surface area (Å²) >= 11 is 0. The van der Waals surface area contributed by atoms with E-state index in [2.05, 4.69) is 17.1 Å². The summed E-state index contributed by atoms with van der Waals surface area (Å²) in [5, 5.41) is 2.86. The van der Waals surface area contributed by atoms with Crippen molar-refractivity contribution in [2.45, 2.75) is 19.9 Å². The first-order valence-corrected chi connectivity index (χ1v) is 6.67. The molecule has 0 unspecified atom stereocenters. The molecule has 3 rings (SSSR count). The fourth-order valence-electron chi connectivity index (χ4n) is 2.51. The topological polar surface area (TPSA) is 71.5 Å². The van der Waals surface area contributed by atoms with Gasteiger partial charge in [0, 0.05) is 12.2 Å². The van der Waals surface area contributed by atoms with Gasteiger partial charge in [0.1, 0.15) is 5.76 Å². The van der Waals surface area contributed by atoms with Crippen molar-refractivity contribution < 1.29 is 9.21 Å². The van der Waals surface area contributed by atoms with Gasteiger partial charge in [-0.2, -0.15) is 0 Å². The molecule has 1 amide bonds. The fourth-order valence-corrected chi connectivity index (χ4v) is 2.51. The second-order valence-corrected chi connectivity index (χ2v) is 4.89. The summed E-state index contributed by atoms with van der Waals surface area (Å²) in [5.74, 6) is 0.904. The van der Waals surface area contributed by atoms with Gasteiger partial charge in [-0.15, -0.1) is 0 Å². The van der Waals surface area contributed by atoms with Gasteiger partial charge in [-0.3, -0.25) is 4.79 Å². The third-order valence-electron chi connectivity index (χ3n) is 3.53. The highest BCUT2D eigenvalue weighted by molar-refractivity contribution is 6.00. The summed E-state index contributed by atoms with van der Waals surface area (Å²) in [4.78, 5) is 13.6. The van der Waals surface area contributed by atoms with Crippen molar-refractivity contribution in [1.82, 2.24) is 0 Å². The Bertz CT molecular complexity index is 635. The molecule has 2 heterocycles. The molecule has 2 aromatic rings. The number of nitrogens with one attached hydrogen (secondary N) is 1. The van der Waals surface area contributed by atoms with Gasteiger partial charge in [-0.1, -0.05) is 0 Å². The Morgan fingerprint density at radius 2 is 2.30 bits per heavy atom. The molecule has 5 nitrogen and oxygen atoms in total. The summed E-state index contributed by atoms with van der Waals surface area (Å²) in [6, 6.07) is 7.64. The molecule has 1 aromatic carbocycles. The van der Waals surface area contributed by atoms with Gasteiger partial charge in [0.15, 0.2) is 0 Å². The number of carbonyl (C=O) groups excluding carboxylic acids is 1. The molecule has 1 aliphatic heterocycles. The predicted molar refractivity (Wildman–Crippen MR) is 78.6 cm³/mol. The van der Waals surface area contributed by atoms with E-state index in [9.17, 15) is 4.79 Å². The van der Waals surface area contributed by atoms with Gasteiger partial charge in [-0.25, -0.2) is 0 Å². The maximum atomic E-state index is 11.4. The van der Waals surface area contributed by atoms with Gasteiger partial charge in [0.2, 0.25) is 5.91 Å². The van der Waals surface area contributed by atoms with Crippen LogP contribution in [0.1, 0.15) is 18.2 Å². The van der Waals surface area contributed by atoms with E-state index in [-0.39, 0.29) is 5.91 Å². The molecule has 3 N–H and O–H groups in total. The van der Waals surface area contributed by atoms with Crippen LogP contribution in [0, 0.1) is 0 Å². The van der Waals surface area contributed by atoms with Crippen molar-refractivity contribution in [1.29, 1.82) is 0 Å². The Balaban J connectivity index is 1.92. The molecule has 1 aromatic heterocycles. The first-order chi connectivity index (χ1) is 9.67. The standard InChI is InChI=1S/C15H17N3O2/c1-2-18(9-11-4-3-5-20-11)14-8-13-10(6-12(14)16)7-15(19)17-13/h3-6,8H,2,7,9,16H2,1H3,(H,17,19). The van der Waals surface area contributed by atoms with Gasteiger partial charge >= 0.3 is 0 Å². The third-order valence-corrected chi connectivity index (χ3v) is 3.53. The first-order valence-electron chi connectivity index (χ1n) is 6.67. The molecule has 0 aliphatic carbocycles. The minimum Gasteiger partial charge on any atom is -0.467 e. The van der Waals surface area contributed by atoms with Crippen LogP contribution in [0.4, 0.5) is 17.1 Å². The number of hydrogen-bond donors (Lipinski definition) is 2. The van der Waals surface area contributed by atoms with Crippen LogP contribution in [0.15, 0.2) is 34.9 Å². The number of fused-ring (bicyclic) bond motifs is 1. The molecule has 20 heavy (non-hydrogen) atoms. The Morgan fingerprint density at radius 3 is 3.00 bits per heavy atom. The highest BCUT2D eigenvalue weighted by Crippen LogP contribution is 2.34. The number of furan rings is 1. The smallest absolute Gasteiger partial charge is 0.228 e. The Morgan fingerprint density at radius 1 is 1.45 bits per heavy atom. The van der Waals surface area contributed by atoms with Crippen molar-refractivity contribution in [3.63, 3.8) is 0 Å². The van der Waals surface area contributed by atoms with E-state index in [1.165, 1.54) is 0 Å². The van der Waals surface area contributed by atoms with E-state index in [0.717, 1.165) is 29.2 Å². The Labute approximate surface area is 117 Å². The maximum Gasteiger partial charge on any atom is 0.228 e. The number of nitrogen functional groups attached to an aromatic ring is 1. The minimum atomic E-state index is 0.0191. The first kappa shape index (κ1) is 12.6. The number of benzene rings is 1. The number of hydrogen-bond acceptors (Lipinski definition) is 4. The molecular weight excluding hydrogens is 254 g/mol. The van der Waals surface area contributed by atoms with Crippen LogP contribution >= 0.6 is 0 Å². The molecular formula is C15H17N3O2. The normalized spacial score (nSPS) is 13.2. The summed E-state index contributed by atoms with van der Waals surface area (Å²) < 4.78 is 5.38. The summed E-state index contributed by atoms with van der Waals surface area (Å²) in [6.07, 6.45) is 2.07. The second kappa shape index (κ2) is 4.92. The van der Waals surface area contributed by atoms with Crippen LogP contribution in [0.25, 0.3) is 0 Å². The SMILES string of the molecule is CCN(Cc1ccco1)c1cc2c(cc1N)CC(=O)N2. The second-order valence-electron chi connectivity index (χ2n) is 4.89. The van der Waals surface area contributed by atoms with Crippen LogP contribution in [-0.2, 0) is 17.8 Å². The largest absolute Gasteiger partial charge is 0.467 e. The molecule has 5 heteroatoms. The molecule has 0 bridgehead atoms. The average Bonchev–Trinajstić information content (AvgIpc) is 3.03. The number of anilines is 3. The lowest BCUT2D eigenvalue weighted by molar-refractivity contribution is -0.115. The van der Waals surface area contributed by atoms with Crippen LogP contribution in [-0.4, -0.2) is 12.5 Å². The van der Waals surface area contributed by atoms with Crippen molar-refractivity contribution >= 4 is 23.0 Å². The average molecular weight is 271 g/mol. The fraction of sp³-hybridized carbons (Fsp3) is 0.267. The molecule has 0 saturated carbocycles. The molecule has 0 radical (unpaired) electrons. The number of nitrogens with zero attached hydrogens (tertiary/aromatic N) is 1. The monoisotopic (exact) mass is 271 g/mol. The third kappa shape index (κ3) is 2.22. The minimum absolute atomic E-state index is 0.0191. The van der Waals surface area contributed by atoms with Crippen molar-refractivity contribution in [2.75, 3.05) is 22.5 Å². The number of carbonyl (C=O) groups is 1. The van der Waals surface area contributed by atoms with E-state index in [4.69, 9.17) is 10.2 Å². The van der Waals surface area contributed by atoms with Crippen LogP contribution in [0.2, 0.25) is 0 Å². The number of nitrogens with two attached hydrogens (primary N) is 1. The van der Waals surface area contributed by atoms with Crippen LogP contribution in [0.3, 0.4) is 0 Å². The maximum absolute atomic E-state index is 11.4. The van der Waals surface area contributed by atoms with Gasteiger partial charge in [0.05, 0.1) is 30.6 Å². The van der Waals surface area contributed by atoms with Crippen LogP contribution < -0.4 is 16.0 Å². The highest BCUT2D eigenvalue weighted by atomic mass is 16.3. The molecule has 0 fully saturated rings. The van der Waals surface area contributed by atoms with Crippen molar-refractivity contribution in [3.8, 4) is 0 Å². The Hall–Kier alpha value is -2.43. The number of rotatable bonds is 4. The number of amides is 1. The zero-order valence-corrected chi connectivity index (χ0v) is 11.3. The van der Waals surface area contributed by atoms with Crippen LogP contribution in [0.5, 0.6) is 0 Å². The van der Waals surface area contributed by atoms with Gasteiger partial charge in [-0.05, 0) is 36.8 Å². The van der Waals surface area contributed by atoms with E-state index < -0.39 is 0 Å². The van der Waals surface area contributed by atoms with Crippen molar-refractivity contribution in [2.24, 2.45) is 0 Å². The quantitative estimate of drug-likeness (QED) is 0.837. The lowest BCUT2D eigenvalue weighted by Crippen LogP contribution is -2.23. The molecule has 0 atom stereocenters. The molecule has 0 saturated heterocycles. The zero-order valence-electron chi connectivity index (χ0n) is 11.3. The van der Waals surface area contributed by atoms with Gasteiger partial charge < -0.3 is 20.4 Å². The summed E-state index contributed by atoms with van der Waals surface area (Å²) in [7, 11) is 0. The van der Waals surface area contributed by atoms with E-state index >= 15 is 0 Å². The summed E-state index contributed by atoms with van der Waals surface area (Å²) in [5.41, 5.74) is 9.56. The van der Waals surface area contributed by atoms with Gasteiger partial charge in [0.25, 0.3) is 0 Å². The van der Waals surface area contributed by atoms with Crippen molar-refractivity contribution in [3.05, 3.63) is 41.9 Å².